The number of aliphatic imine (C=N–C) groups is 1. The number of nitrogens with one attached hydrogen (secondary N) is 1. The molecule has 2 N–H and O–H groups in total. The van der Waals surface area contributed by atoms with Gasteiger partial charge in [0.15, 0.2) is 11.6 Å². The van der Waals surface area contributed by atoms with Gasteiger partial charge in [-0.15, -0.1) is 0 Å². The van der Waals surface area contributed by atoms with Crippen LogP contribution in [0.3, 0.4) is 0 Å². The van der Waals surface area contributed by atoms with E-state index in [9.17, 15) is 9.90 Å². The van der Waals surface area contributed by atoms with E-state index in [0.717, 1.165) is 21.7 Å². The summed E-state index contributed by atoms with van der Waals surface area (Å²) < 4.78 is 0. The van der Waals surface area contributed by atoms with Gasteiger partial charge in [-0.25, -0.2) is 19.8 Å². The van der Waals surface area contributed by atoms with Crippen molar-refractivity contribution < 1.29 is 9.90 Å². The van der Waals surface area contributed by atoms with Gasteiger partial charge < -0.3 is 10.1 Å². The zero-order valence-electron chi connectivity index (χ0n) is 15.8. The van der Waals surface area contributed by atoms with Crippen LogP contribution >= 0.6 is 0 Å². The SMILES string of the molecule is CCN(C(=O)O)c1nc(N=C(c2ccccc2)c2ccccc2)cc2[nH]cnc12. The molecule has 29 heavy (non-hydrogen) atoms. The van der Waals surface area contributed by atoms with Crippen molar-refractivity contribution in [3.63, 3.8) is 0 Å². The number of amides is 1. The fraction of sp³-hybridized carbons (Fsp3) is 0.0909. The third-order valence-corrected chi connectivity index (χ3v) is 4.50. The van der Waals surface area contributed by atoms with Crippen LogP contribution in [0.2, 0.25) is 0 Å². The van der Waals surface area contributed by atoms with Crippen molar-refractivity contribution in [2.75, 3.05) is 11.4 Å². The lowest BCUT2D eigenvalue weighted by Gasteiger charge is -2.16. The number of aromatic amines is 1. The highest BCUT2D eigenvalue weighted by Crippen LogP contribution is 2.27. The van der Waals surface area contributed by atoms with Crippen molar-refractivity contribution in [3.8, 4) is 0 Å². The number of nitrogens with zero attached hydrogens (tertiary/aromatic N) is 4. The van der Waals surface area contributed by atoms with Crippen LogP contribution in [0.15, 0.2) is 78.0 Å². The van der Waals surface area contributed by atoms with Gasteiger partial charge in [0.25, 0.3) is 0 Å². The van der Waals surface area contributed by atoms with E-state index < -0.39 is 6.09 Å². The number of carbonyl (C=O) groups is 1. The van der Waals surface area contributed by atoms with Gasteiger partial charge in [-0.1, -0.05) is 60.7 Å². The van der Waals surface area contributed by atoms with E-state index in [1.165, 1.54) is 6.33 Å². The second-order valence-electron chi connectivity index (χ2n) is 6.32. The van der Waals surface area contributed by atoms with E-state index in [-0.39, 0.29) is 12.4 Å². The van der Waals surface area contributed by atoms with Crippen molar-refractivity contribution in [2.24, 2.45) is 4.99 Å². The molecule has 0 aliphatic carbocycles. The summed E-state index contributed by atoms with van der Waals surface area (Å²) in [4.78, 5) is 29.4. The summed E-state index contributed by atoms with van der Waals surface area (Å²) in [7, 11) is 0. The fourth-order valence-corrected chi connectivity index (χ4v) is 3.14. The molecule has 7 heteroatoms. The number of pyridine rings is 1. The van der Waals surface area contributed by atoms with Crippen LogP contribution in [0.25, 0.3) is 11.0 Å². The molecule has 4 rings (SSSR count). The number of carboxylic acid groups (broad SMARTS) is 1. The molecule has 0 fully saturated rings. The molecule has 0 unspecified atom stereocenters. The Hall–Kier alpha value is -4.00. The first-order valence-corrected chi connectivity index (χ1v) is 9.21. The number of aromatic nitrogens is 3. The van der Waals surface area contributed by atoms with E-state index in [0.29, 0.717) is 16.9 Å². The van der Waals surface area contributed by atoms with Gasteiger partial charge in [0.2, 0.25) is 0 Å². The first-order chi connectivity index (χ1) is 14.2. The number of imidazole rings is 1. The van der Waals surface area contributed by atoms with E-state index in [2.05, 4.69) is 15.0 Å². The van der Waals surface area contributed by atoms with Crippen LogP contribution in [0.4, 0.5) is 16.4 Å². The van der Waals surface area contributed by atoms with Gasteiger partial charge in [-0.3, -0.25) is 4.90 Å². The predicted molar refractivity (Wildman–Crippen MR) is 113 cm³/mol. The molecule has 0 saturated heterocycles. The van der Waals surface area contributed by atoms with E-state index in [4.69, 9.17) is 4.99 Å². The van der Waals surface area contributed by atoms with Gasteiger partial charge in [0, 0.05) is 23.7 Å². The number of H-pyrrole nitrogens is 1. The van der Waals surface area contributed by atoms with Crippen molar-refractivity contribution >= 4 is 34.5 Å². The van der Waals surface area contributed by atoms with E-state index in [1.54, 1.807) is 13.0 Å². The normalized spacial score (nSPS) is 10.7. The van der Waals surface area contributed by atoms with E-state index in [1.807, 2.05) is 60.7 Å². The summed E-state index contributed by atoms with van der Waals surface area (Å²) >= 11 is 0. The van der Waals surface area contributed by atoms with Crippen molar-refractivity contribution in [3.05, 3.63) is 84.2 Å². The van der Waals surface area contributed by atoms with E-state index >= 15 is 0 Å². The zero-order valence-corrected chi connectivity index (χ0v) is 15.8. The molecule has 0 aliphatic heterocycles. The highest BCUT2D eigenvalue weighted by atomic mass is 16.4. The topological polar surface area (TPSA) is 94.5 Å². The maximum Gasteiger partial charge on any atom is 0.413 e. The average Bonchev–Trinajstić information content (AvgIpc) is 3.22. The van der Waals surface area contributed by atoms with Crippen molar-refractivity contribution in [1.82, 2.24) is 15.0 Å². The number of fused-ring (bicyclic) bond motifs is 1. The maximum atomic E-state index is 11.7. The molecular weight excluding hydrogens is 366 g/mol. The predicted octanol–water partition coefficient (Wildman–Crippen LogP) is 4.63. The Balaban J connectivity index is 1.92. The average molecular weight is 385 g/mol. The Bertz CT molecular complexity index is 1130. The molecule has 2 aromatic carbocycles. The molecule has 0 spiro atoms. The summed E-state index contributed by atoms with van der Waals surface area (Å²) in [5, 5.41) is 9.56. The summed E-state index contributed by atoms with van der Waals surface area (Å²) in [6, 6.07) is 21.4. The Labute approximate surface area is 167 Å². The lowest BCUT2D eigenvalue weighted by Crippen LogP contribution is -2.29. The molecule has 144 valence electrons. The highest BCUT2D eigenvalue weighted by Gasteiger charge is 2.20. The van der Waals surface area contributed by atoms with Crippen LogP contribution < -0.4 is 4.90 Å². The second kappa shape index (κ2) is 7.93. The fourth-order valence-electron chi connectivity index (χ4n) is 3.14. The lowest BCUT2D eigenvalue weighted by atomic mass is 10.0. The number of hydrogen-bond acceptors (Lipinski definition) is 4. The molecule has 2 heterocycles. The number of benzene rings is 2. The minimum atomic E-state index is -1.09. The molecule has 0 aliphatic rings. The summed E-state index contributed by atoms with van der Waals surface area (Å²) in [5.74, 6) is 0.664. The van der Waals surface area contributed by atoms with Crippen LogP contribution in [0, 0.1) is 0 Å². The summed E-state index contributed by atoms with van der Waals surface area (Å²) in [5.41, 5.74) is 3.81. The Kier molecular flexibility index (Phi) is 5.03. The highest BCUT2D eigenvalue weighted by molar-refractivity contribution is 6.14. The Morgan fingerprint density at radius 2 is 1.69 bits per heavy atom. The van der Waals surface area contributed by atoms with Crippen molar-refractivity contribution in [2.45, 2.75) is 6.92 Å². The molecule has 4 aromatic rings. The second-order valence-corrected chi connectivity index (χ2v) is 6.32. The number of anilines is 1. The van der Waals surface area contributed by atoms with Gasteiger partial charge in [-0.05, 0) is 6.92 Å². The largest absolute Gasteiger partial charge is 0.465 e. The maximum absolute atomic E-state index is 11.7. The Morgan fingerprint density at radius 1 is 1.07 bits per heavy atom. The standard InChI is InChI=1S/C22H19N5O2/c1-2-27(22(28)29)21-20-17(23-14-24-20)13-18(26-21)25-19(15-9-5-3-6-10-15)16-11-7-4-8-12-16/h3-14H,2H2,1H3,(H,23,24)(H,28,29). The summed E-state index contributed by atoms with van der Waals surface area (Å²) in [6.45, 7) is 2.01. The van der Waals surface area contributed by atoms with Gasteiger partial charge in [0.05, 0.1) is 17.6 Å². The molecule has 0 bridgehead atoms. The Morgan fingerprint density at radius 3 is 2.24 bits per heavy atom. The summed E-state index contributed by atoms with van der Waals surface area (Å²) in [6.07, 6.45) is 0.436. The molecule has 2 aromatic heterocycles. The molecule has 1 amide bonds. The monoisotopic (exact) mass is 385 g/mol. The molecular formula is C22H19N5O2. The first kappa shape index (κ1) is 18.4. The van der Waals surface area contributed by atoms with Gasteiger partial charge in [0.1, 0.15) is 5.52 Å². The minimum absolute atomic E-state index is 0.252. The molecule has 0 saturated carbocycles. The number of hydrogen-bond donors (Lipinski definition) is 2. The molecule has 0 atom stereocenters. The van der Waals surface area contributed by atoms with Gasteiger partial charge in [-0.2, -0.15) is 0 Å². The van der Waals surface area contributed by atoms with Crippen molar-refractivity contribution in [1.29, 1.82) is 0 Å². The van der Waals surface area contributed by atoms with Crippen LogP contribution in [0.1, 0.15) is 18.1 Å². The van der Waals surface area contributed by atoms with Crippen LogP contribution in [0.5, 0.6) is 0 Å². The third kappa shape index (κ3) is 3.70. The minimum Gasteiger partial charge on any atom is -0.465 e. The molecule has 7 nitrogen and oxygen atoms in total. The first-order valence-electron chi connectivity index (χ1n) is 9.21. The van der Waals surface area contributed by atoms with Crippen LogP contribution in [-0.2, 0) is 0 Å². The quantitative estimate of drug-likeness (QED) is 0.490. The van der Waals surface area contributed by atoms with Gasteiger partial charge >= 0.3 is 6.09 Å². The third-order valence-electron chi connectivity index (χ3n) is 4.50. The zero-order chi connectivity index (χ0) is 20.2. The lowest BCUT2D eigenvalue weighted by molar-refractivity contribution is 0.202. The van der Waals surface area contributed by atoms with Crippen LogP contribution in [-0.4, -0.2) is 38.4 Å². The molecule has 0 radical (unpaired) electrons. The number of rotatable bonds is 5. The smallest absolute Gasteiger partial charge is 0.413 e.